The molecule has 0 aliphatic carbocycles. The van der Waals surface area contributed by atoms with E-state index in [1.165, 1.54) is 7.11 Å². The van der Waals surface area contributed by atoms with E-state index in [1.807, 2.05) is 36.9 Å². The predicted octanol–water partition coefficient (Wildman–Crippen LogP) is 1.69. The first-order chi connectivity index (χ1) is 8.04. The van der Waals surface area contributed by atoms with Gasteiger partial charge in [0.2, 0.25) is 0 Å². The fourth-order valence-electron chi connectivity index (χ4n) is 2.02. The molecule has 0 radical (unpaired) electrons. The van der Waals surface area contributed by atoms with Crippen LogP contribution in [0.5, 0.6) is 0 Å². The molecule has 0 bridgehead atoms. The van der Waals surface area contributed by atoms with Crippen molar-refractivity contribution in [2.45, 2.75) is 13.0 Å². The lowest BCUT2D eigenvalue weighted by atomic mass is 10.1. The molecule has 0 spiro atoms. The second-order valence-electron chi connectivity index (χ2n) is 4.13. The summed E-state index contributed by atoms with van der Waals surface area (Å²) in [5.41, 5.74) is 2.74. The summed E-state index contributed by atoms with van der Waals surface area (Å²) in [5, 5.41) is 10.8. The van der Waals surface area contributed by atoms with E-state index in [0.29, 0.717) is 5.56 Å². The third-order valence-electron chi connectivity index (χ3n) is 2.95. The van der Waals surface area contributed by atoms with Gasteiger partial charge in [-0.25, -0.2) is 4.79 Å². The van der Waals surface area contributed by atoms with Crippen molar-refractivity contribution in [1.82, 2.24) is 4.57 Å². The molecule has 2 aromatic rings. The molecular weight excluding hydrogens is 218 g/mol. The predicted molar refractivity (Wildman–Crippen MR) is 64.6 cm³/mol. The maximum atomic E-state index is 11.3. The van der Waals surface area contributed by atoms with Crippen LogP contribution in [0.2, 0.25) is 0 Å². The van der Waals surface area contributed by atoms with Crippen molar-refractivity contribution in [2.75, 3.05) is 7.11 Å². The van der Waals surface area contributed by atoms with Crippen LogP contribution in [0.1, 0.15) is 17.2 Å². The molecule has 1 aromatic heterocycles. The molecule has 2 rings (SSSR count). The Morgan fingerprint density at radius 3 is 2.82 bits per heavy atom. The van der Waals surface area contributed by atoms with Gasteiger partial charge in [-0.2, -0.15) is 0 Å². The van der Waals surface area contributed by atoms with Gasteiger partial charge in [0, 0.05) is 24.1 Å². The molecule has 4 heteroatoms. The van der Waals surface area contributed by atoms with Crippen LogP contribution in [0, 0.1) is 6.92 Å². The van der Waals surface area contributed by atoms with E-state index in [-0.39, 0.29) is 0 Å². The lowest BCUT2D eigenvalue weighted by Crippen LogP contribution is -2.13. The SMILES string of the molecule is COC(=O)C(O)c1ccc2c(c1)c(C)cn2C. The lowest BCUT2D eigenvalue weighted by Gasteiger charge is -2.09. The molecule has 0 saturated carbocycles. The summed E-state index contributed by atoms with van der Waals surface area (Å²) in [6, 6.07) is 5.46. The number of benzene rings is 1. The third-order valence-corrected chi connectivity index (χ3v) is 2.95. The summed E-state index contributed by atoms with van der Waals surface area (Å²) < 4.78 is 6.53. The van der Waals surface area contributed by atoms with Crippen molar-refractivity contribution in [1.29, 1.82) is 0 Å². The fraction of sp³-hybridized carbons (Fsp3) is 0.308. The number of hydrogen-bond acceptors (Lipinski definition) is 3. The molecule has 0 fully saturated rings. The maximum Gasteiger partial charge on any atom is 0.339 e. The second-order valence-corrected chi connectivity index (χ2v) is 4.13. The van der Waals surface area contributed by atoms with Crippen molar-refractivity contribution in [2.24, 2.45) is 7.05 Å². The summed E-state index contributed by atoms with van der Waals surface area (Å²) >= 11 is 0. The summed E-state index contributed by atoms with van der Waals surface area (Å²) in [4.78, 5) is 11.3. The van der Waals surface area contributed by atoms with Crippen LogP contribution in [0.15, 0.2) is 24.4 Å². The van der Waals surface area contributed by atoms with Gasteiger partial charge in [0.15, 0.2) is 6.10 Å². The number of fused-ring (bicyclic) bond motifs is 1. The molecule has 1 heterocycles. The van der Waals surface area contributed by atoms with Crippen molar-refractivity contribution in [3.05, 3.63) is 35.5 Å². The normalized spacial score (nSPS) is 12.7. The molecule has 0 saturated heterocycles. The Morgan fingerprint density at radius 1 is 1.47 bits per heavy atom. The molecule has 1 N–H and O–H groups in total. The molecule has 17 heavy (non-hydrogen) atoms. The van der Waals surface area contributed by atoms with Crippen molar-refractivity contribution >= 4 is 16.9 Å². The molecule has 0 aliphatic heterocycles. The summed E-state index contributed by atoms with van der Waals surface area (Å²) in [6.07, 6.45) is 0.794. The smallest absolute Gasteiger partial charge is 0.339 e. The third kappa shape index (κ3) is 1.91. The zero-order valence-corrected chi connectivity index (χ0v) is 10.1. The Bertz CT molecular complexity index is 571. The number of esters is 1. The largest absolute Gasteiger partial charge is 0.467 e. The Balaban J connectivity index is 2.51. The molecular formula is C13H15NO3. The quantitative estimate of drug-likeness (QED) is 0.803. The highest BCUT2D eigenvalue weighted by Gasteiger charge is 2.18. The number of aliphatic hydroxyl groups is 1. The molecule has 1 aromatic carbocycles. The second kappa shape index (κ2) is 4.22. The number of carbonyl (C=O) groups is 1. The Labute approximate surface area is 99.4 Å². The van der Waals surface area contributed by atoms with Crippen LogP contribution in [-0.2, 0) is 16.6 Å². The van der Waals surface area contributed by atoms with Gasteiger partial charge < -0.3 is 14.4 Å². The van der Waals surface area contributed by atoms with E-state index in [4.69, 9.17) is 0 Å². The number of rotatable bonds is 2. The van der Waals surface area contributed by atoms with Gasteiger partial charge in [-0.15, -0.1) is 0 Å². The number of aryl methyl sites for hydroxylation is 2. The minimum atomic E-state index is -1.22. The first-order valence-corrected chi connectivity index (χ1v) is 5.36. The zero-order valence-electron chi connectivity index (χ0n) is 10.1. The first-order valence-electron chi connectivity index (χ1n) is 5.36. The van der Waals surface area contributed by atoms with Gasteiger partial charge in [0.05, 0.1) is 7.11 Å². The van der Waals surface area contributed by atoms with E-state index < -0.39 is 12.1 Å². The van der Waals surface area contributed by atoms with E-state index in [2.05, 4.69) is 4.74 Å². The minimum Gasteiger partial charge on any atom is -0.467 e. The number of carbonyl (C=O) groups excluding carboxylic acids is 1. The average Bonchev–Trinajstić information content (AvgIpc) is 2.62. The molecule has 1 atom stereocenters. The van der Waals surface area contributed by atoms with Gasteiger partial charge in [-0.1, -0.05) is 6.07 Å². The minimum absolute atomic E-state index is 0.554. The van der Waals surface area contributed by atoms with E-state index in [0.717, 1.165) is 16.5 Å². The first kappa shape index (κ1) is 11.7. The van der Waals surface area contributed by atoms with Gasteiger partial charge in [-0.05, 0) is 30.2 Å². The summed E-state index contributed by atoms with van der Waals surface area (Å²) in [6.45, 7) is 2.00. The number of ether oxygens (including phenoxy) is 1. The van der Waals surface area contributed by atoms with Crippen LogP contribution in [0.3, 0.4) is 0 Å². The number of methoxy groups -OCH3 is 1. The van der Waals surface area contributed by atoms with E-state index in [9.17, 15) is 9.90 Å². The number of hydrogen-bond donors (Lipinski definition) is 1. The van der Waals surface area contributed by atoms with Crippen molar-refractivity contribution < 1.29 is 14.6 Å². The monoisotopic (exact) mass is 233 g/mol. The molecule has 4 nitrogen and oxygen atoms in total. The van der Waals surface area contributed by atoms with Gasteiger partial charge >= 0.3 is 5.97 Å². The van der Waals surface area contributed by atoms with Gasteiger partial charge in [0.1, 0.15) is 0 Å². The summed E-state index contributed by atoms with van der Waals surface area (Å²) in [7, 11) is 3.23. The molecule has 0 aliphatic rings. The van der Waals surface area contributed by atoms with Gasteiger partial charge in [-0.3, -0.25) is 0 Å². The lowest BCUT2D eigenvalue weighted by molar-refractivity contribution is -0.150. The number of aromatic nitrogens is 1. The highest BCUT2D eigenvalue weighted by molar-refractivity contribution is 5.86. The topological polar surface area (TPSA) is 51.5 Å². The van der Waals surface area contributed by atoms with Crippen molar-refractivity contribution in [3.8, 4) is 0 Å². The zero-order chi connectivity index (χ0) is 12.6. The van der Waals surface area contributed by atoms with Crippen LogP contribution in [0.4, 0.5) is 0 Å². The van der Waals surface area contributed by atoms with Gasteiger partial charge in [0.25, 0.3) is 0 Å². The summed E-state index contributed by atoms with van der Waals surface area (Å²) in [5.74, 6) is -0.641. The highest BCUT2D eigenvalue weighted by atomic mass is 16.5. The molecule has 1 unspecified atom stereocenters. The molecule has 0 amide bonds. The average molecular weight is 233 g/mol. The Hall–Kier alpha value is -1.81. The Kier molecular flexibility index (Phi) is 2.90. The number of aliphatic hydroxyl groups excluding tert-OH is 1. The Morgan fingerprint density at radius 2 is 2.18 bits per heavy atom. The fourth-order valence-corrected chi connectivity index (χ4v) is 2.02. The van der Waals surface area contributed by atoms with E-state index >= 15 is 0 Å². The van der Waals surface area contributed by atoms with Crippen LogP contribution >= 0.6 is 0 Å². The number of nitrogens with zero attached hydrogens (tertiary/aromatic N) is 1. The van der Waals surface area contributed by atoms with E-state index in [1.54, 1.807) is 6.07 Å². The van der Waals surface area contributed by atoms with Crippen molar-refractivity contribution in [3.63, 3.8) is 0 Å². The van der Waals surface area contributed by atoms with Crippen LogP contribution in [0.25, 0.3) is 10.9 Å². The maximum absolute atomic E-state index is 11.3. The van der Waals surface area contributed by atoms with Crippen LogP contribution in [-0.4, -0.2) is 22.8 Å². The molecule has 90 valence electrons. The highest BCUT2D eigenvalue weighted by Crippen LogP contribution is 2.24. The standard InChI is InChI=1S/C13H15NO3/c1-8-7-14(2)11-5-4-9(6-10(8)11)12(15)13(16)17-3/h4-7,12,15H,1-3H3. The van der Waals surface area contributed by atoms with Crippen LogP contribution < -0.4 is 0 Å².